The predicted octanol–water partition coefficient (Wildman–Crippen LogP) is 4.10. The second kappa shape index (κ2) is 9.22. The van der Waals surface area contributed by atoms with Crippen LogP contribution in [-0.4, -0.2) is 27.5 Å². The number of nitrogens with zero attached hydrogens (tertiary/aromatic N) is 1. The predicted molar refractivity (Wildman–Crippen MR) is 125 cm³/mol. The molecule has 1 N–H and O–H groups in total. The summed E-state index contributed by atoms with van der Waals surface area (Å²) in [6, 6.07) is 19.4. The quantitative estimate of drug-likeness (QED) is 0.564. The highest BCUT2D eigenvalue weighted by molar-refractivity contribution is 7.92. The smallest absolute Gasteiger partial charge is 0.264 e. The Kier molecular flexibility index (Phi) is 6.39. The molecule has 4 rings (SSSR count). The molecule has 6 nitrogen and oxygen atoms in total. The third-order valence-corrected chi connectivity index (χ3v) is 7.40. The van der Waals surface area contributed by atoms with Gasteiger partial charge in [-0.2, -0.15) is 0 Å². The first-order valence-electron chi connectivity index (χ1n) is 10.2. The average molecular weight is 471 g/mol. The summed E-state index contributed by atoms with van der Waals surface area (Å²) in [5, 5.41) is 3.42. The molecule has 0 saturated carbocycles. The maximum absolute atomic E-state index is 13.2. The number of anilines is 1. The number of para-hydroxylation sites is 1. The van der Waals surface area contributed by atoms with E-state index in [9.17, 15) is 13.2 Å². The molecule has 1 aliphatic heterocycles. The van der Waals surface area contributed by atoms with Crippen LogP contribution in [0.3, 0.4) is 0 Å². The van der Waals surface area contributed by atoms with Crippen LogP contribution in [0.5, 0.6) is 5.75 Å². The molecule has 0 unspecified atom stereocenters. The zero-order valence-electron chi connectivity index (χ0n) is 17.5. The summed E-state index contributed by atoms with van der Waals surface area (Å²) < 4.78 is 33.4. The molecule has 166 valence electrons. The van der Waals surface area contributed by atoms with Gasteiger partial charge < -0.3 is 10.1 Å². The van der Waals surface area contributed by atoms with Gasteiger partial charge in [-0.25, -0.2) is 8.42 Å². The molecular formula is C24H23ClN2O4S. The third kappa shape index (κ3) is 4.74. The van der Waals surface area contributed by atoms with Gasteiger partial charge in [0, 0.05) is 18.1 Å². The van der Waals surface area contributed by atoms with Crippen molar-refractivity contribution < 1.29 is 17.9 Å². The number of aryl methyl sites for hydroxylation is 1. The number of halogens is 1. The zero-order valence-corrected chi connectivity index (χ0v) is 19.1. The highest BCUT2D eigenvalue weighted by atomic mass is 35.5. The molecule has 1 amide bonds. The standard InChI is InChI=1S/C24H23ClN2O4S/c1-17-14-21(32(29,30)27-13-12-19-4-2-3-5-22(19)27)10-11-23(17)31-16-24(28)26-15-18-6-8-20(25)9-7-18/h2-11,14H,12-13,15-16H2,1H3,(H,26,28). The Morgan fingerprint density at radius 3 is 2.59 bits per heavy atom. The van der Waals surface area contributed by atoms with Crippen LogP contribution in [0.4, 0.5) is 5.69 Å². The highest BCUT2D eigenvalue weighted by Gasteiger charge is 2.30. The Morgan fingerprint density at radius 1 is 1.09 bits per heavy atom. The van der Waals surface area contributed by atoms with E-state index in [-0.39, 0.29) is 17.4 Å². The van der Waals surface area contributed by atoms with Crippen molar-refractivity contribution in [3.63, 3.8) is 0 Å². The second-order valence-electron chi connectivity index (χ2n) is 7.58. The summed E-state index contributed by atoms with van der Waals surface area (Å²) in [5.74, 6) is 0.192. The minimum atomic E-state index is -3.68. The van der Waals surface area contributed by atoms with Crippen molar-refractivity contribution in [3.8, 4) is 5.75 Å². The number of nitrogens with one attached hydrogen (secondary N) is 1. The molecule has 0 fully saturated rings. The molecule has 0 radical (unpaired) electrons. The number of amides is 1. The topological polar surface area (TPSA) is 75.7 Å². The lowest BCUT2D eigenvalue weighted by molar-refractivity contribution is -0.123. The fourth-order valence-corrected chi connectivity index (χ4v) is 5.34. The molecule has 3 aromatic carbocycles. The Balaban J connectivity index is 1.39. The van der Waals surface area contributed by atoms with Gasteiger partial charge in [0.15, 0.2) is 6.61 Å². The number of benzene rings is 3. The van der Waals surface area contributed by atoms with Crippen molar-refractivity contribution in [2.24, 2.45) is 0 Å². The van der Waals surface area contributed by atoms with Crippen LogP contribution < -0.4 is 14.4 Å². The van der Waals surface area contributed by atoms with E-state index in [1.165, 1.54) is 10.4 Å². The van der Waals surface area contributed by atoms with E-state index < -0.39 is 10.0 Å². The van der Waals surface area contributed by atoms with Crippen LogP contribution in [0.2, 0.25) is 5.02 Å². The van der Waals surface area contributed by atoms with Crippen molar-refractivity contribution in [1.29, 1.82) is 0 Å². The van der Waals surface area contributed by atoms with Crippen LogP contribution in [0.25, 0.3) is 0 Å². The summed E-state index contributed by atoms with van der Waals surface area (Å²) in [6.45, 7) is 2.39. The Hall–Kier alpha value is -3.03. The second-order valence-corrected chi connectivity index (χ2v) is 9.87. The molecule has 0 aromatic heterocycles. The molecule has 0 atom stereocenters. The van der Waals surface area contributed by atoms with Gasteiger partial charge >= 0.3 is 0 Å². The first-order valence-corrected chi connectivity index (χ1v) is 12.0. The highest BCUT2D eigenvalue weighted by Crippen LogP contribution is 2.33. The lowest BCUT2D eigenvalue weighted by Crippen LogP contribution is -2.29. The number of sulfonamides is 1. The normalized spacial score (nSPS) is 13.0. The van der Waals surface area contributed by atoms with E-state index >= 15 is 0 Å². The first-order chi connectivity index (χ1) is 15.3. The lowest BCUT2D eigenvalue weighted by atomic mass is 10.2. The van der Waals surface area contributed by atoms with Gasteiger partial charge in [-0.1, -0.05) is 41.9 Å². The van der Waals surface area contributed by atoms with Gasteiger partial charge in [-0.3, -0.25) is 9.10 Å². The van der Waals surface area contributed by atoms with E-state index in [1.54, 1.807) is 31.2 Å². The Bertz CT molecular complexity index is 1240. The lowest BCUT2D eigenvalue weighted by Gasteiger charge is -2.20. The molecule has 0 aliphatic carbocycles. The van der Waals surface area contributed by atoms with Crippen molar-refractivity contribution in [2.75, 3.05) is 17.5 Å². The fourth-order valence-electron chi connectivity index (χ4n) is 3.63. The van der Waals surface area contributed by atoms with Gasteiger partial charge in [0.05, 0.1) is 10.6 Å². The number of ether oxygens (including phenoxy) is 1. The van der Waals surface area contributed by atoms with Crippen molar-refractivity contribution >= 4 is 33.2 Å². The van der Waals surface area contributed by atoms with Gasteiger partial charge in [0.1, 0.15) is 5.75 Å². The minimum Gasteiger partial charge on any atom is -0.484 e. The number of carbonyl (C=O) groups excluding carboxylic acids is 1. The summed E-state index contributed by atoms with van der Waals surface area (Å²) in [7, 11) is -3.68. The van der Waals surface area contributed by atoms with E-state index in [0.29, 0.717) is 35.8 Å². The Morgan fingerprint density at radius 2 is 1.84 bits per heavy atom. The fraction of sp³-hybridized carbons (Fsp3) is 0.208. The minimum absolute atomic E-state index is 0.167. The van der Waals surface area contributed by atoms with Crippen LogP contribution in [0, 0.1) is 6.92 Å². The zero-order chi connectivity index (χ0) is 22.7. The van der Waals surface area contributed by atoms with Crippen molar-refractivity contribution in [2.45, 2.75) is 24.8 Å². The molecule has 1 heterocycles. The summed E-state index contributed by atoms with van der Waals surface area (Å²) >= 11 is 5.86. The SMILES string of the molecule is Cc1cc(S(=O)(=O)N2CCc3ccccc32)ccc1OCC(=O)NCc1ccc(Cl)cc1. The molecule has 1 aliphatic rings. The van der Waals surface area contributed by atoms with Gasteiger partial charge in [-0.05, 0) is 66.4 Å². The maximum atomic E-state index is 13.2. The van der Waals surface area contributed by atoms with Crippen LogP contribution >= 0.6 is 11.6 Å². The number of fused-ring (bicyclic) bond motifs is 1. The Labute approximate surface area is 192 Å². The molecule has 0 bridgehead atoms. The monoisotopic (exact) mass is 470 g/mol. The van der Waals surface area contributed by atoms with Crippen LogP contribution in [0.1, 0.15) is 16.7 Å². The van der Waals surface area contributed by atoms with Crippen molar-refractivity contribution in [1.82, 2.24) is 5.32 Å². The third-order valence-electron chi connectivity index (χ3n) is 5.34. The first kappa shape index (κ1) is 22.2. The summed E-state index contributed by atoms with van der Waals surface area (Å²) in [5.41, 5.74) is 3.32. The number of carbonyl (C=O) groups is 1. The van der Waals surface area contributed by atoms with Gasteiger partial charge in [0.2, 0.25) is 0 Å². The van der Waals surface area contributed by atoms with Crippen LogP contribution in [0.15, 0.2) is 71.6 Å². The number of hydrogen-bond donors (Lipinski definition) is 1. The van der Waals surface area contributed by atoms with Gasteiger partial charge in [0.25, 0.3) is 15.9 Å². The molecular weight excluding hydrogens is 448 g/mol. The van der Waals surface area contributed by atoms with Crippen molar-refractivity contribution in [3.05, 3.63) is 88.4 Å². The van der Waals surface area contributed by atoms with E-state index in [0.717, 1.165) is 16.8 Å². The average Bonchev–Trinajstić information content (AvgIpc) is 3.23. The largest absolute Gasteiger partial charge is 0.484 e. The number of rotatable bonds is 7. The number of hydrogen-bond acceptors (Lipinski definition) is 4. The summed E-state index contributed by atoms with van der Waals surface area (Å²) in [6.07, 6.45) is 0.695. The van der Waals surface area contributed by atoms with Gasteiger partial charge in [-0.15, -0.1) is 0 Å². The van der Waals surface area contributed by atoms with Crippen LogP contribution in [-0.2, 0) is 27.8 Å². The maximum Gasteiger partial charge on any atom is 0.264 e. The van der Waals surface area contributed by atoms with E-state index in [4.69, 9.17) is 16.3 Å². The molecule has 32 heavy (non-hydrogen) atoms. The molecule has 8 heteroatoms. The molecule has 0 saturated heterocycles. The van der Waals surface area contributed by atoms with E-state index in [2.05, 4.69) is 5.32 Å². The van der Waals surface area contributed by atoms with E-state index in [1.807, 2.05) is 36.4 Å². The molecule has 3 aromatic rings. The summed E-state index contributed by atoms with van der Waals surface area (Å²) in [4.78, 5) is 12.3. The molecule has 0 spiro atoms.